The Labute approximate surface area is 261 Å². The van der Waals surface area contributed by atoms with Gasteiger partial charge in [0.1, 0.15) is 0 Å². The van der Waals surface area contributed by atoms with Gasteiger partial charge in [-0.25, -0.2) is 0 Å². The van der Waals surface area contributed by atoms with Crippen LogP contribution in [0.4, 0.5) is 0 Å². The van der Waals surface area contributed by atoms with E-state index in [-0.39, 0.29) is 0 Å². The highest BCUT2D eigenvalue weighted by molar-refractivity contribution is 5.98. The molecule has 0 amide bonds. The average molecular weight is 565 g/mol. The van der Waals surface area contributed by atoms with E-state index in [0.717, 1.165) is 0 Å². The zero-order valence-corrected chi connectivity index (χ0v) is 25.3. The van der Waals surface area contributed by atoms with Crippen molar-refractivity contribution in [2.24, 2.45) is 0 Å². The Morgan fingerprint density at radius 2 is 0.795 bits per heavy atom. The maximum atomic E-state index is 2.28. The van der Waals surface area contributed by atoms with Crippen molar-refractivity contribution in [3.8, 4) is 0 Å². The van der Waals surface area contributed by atoms with E-state index in [1.165, 1.54) is 66.4 Å². The molecule has 0 N–H and O–H groups in total. The molecule has 0 radical (unpaired) electrons. The summed E-state index contributed by atoms with van der Waals surface area (Å²) in [6.07, 6.45) is 13.6. The molecule has 0 aliphatic carbocycles. The first-order valence-electron chi connectivity index (χ1n) is 15.2. The van der Waals surface area contributed by atoms with Gasteiger partial charge in [0.05, 0.1) is 0 Å². The van der Waals surface area contributed by atoms with Crippen LogP contribution in [0.1, 0.15) is 58.4 Å². The first-order chi connectivity index (χ1) is 21.7. The van der Waals surface area contributed by atoms with Gasteiger partial charge < -0.3 is 0 Å². The second-order valence-corrected chi connectivity index (χ2v) is 11.1. The Hall–Kier alpha value is -5.46. The van der Waals surface area contributed by atoms with Gasteiger partial charge in [-0.1, -0.05) is 182 Å². The third kappa shape index (κ3) is 6.77. The van der Waals surface area contributed by atoms with Gasteiger partial charge in [-0.2, -0.15) is 0 Å². The van der Waals surface area contributed by atoms with Gasteiger partial charge in [0.2, 0.25) is 0 Å². The molecule has 0 aliphatic rings. The van der Waals surface area contributed by atoms with E-state index in [1.54, 1.807) is 0 Å². The first kappa shape index (κ1) is 28.6. The van der Waals surface area contributed by atoms with Crippen molar-refractivity contribution in [3.63, 3.8) is 0 Å². The fourth-order valence-corrected chi connectivity index (χ4v) is 5.62. The van der Waals surface area contributed by atoms with Crippen molar-refractivity contribution in [1.29, 1.82) is 0 Å². The van der Waals surface area contributed by atoms with Crippen LogP contribution in [0.2, 0.25) is 0 Å². The fourth-order valence-electron chi connectivity index (χ4n) is 5.62. The summed E-state index contributed by atoms with van der Waals surface area (Å²) in [5.41, 5.74) is 12.2. The molecule has 0 heterocycles. The number of hydrogen-bond acceptors (Lipinski definition) is 0. The van der Waals surface area contributed by atoms with Crippen molar-refractivity contribution in [2.45, 2.75) is 13.8 Å². The van der Waals surface area contributed by atoms with Crippen LogP contribution >= 0.6 is 0 Å². The molecule has 0 fully saturated rings. The SMILES string of the molecule is C/C(=C/c1ccccc1C=Cc1ccc2ccccc2c1C=Cc1ccccc1/C=C(/C)c1ccccc1)c1ccccc1. The fraction of sp³-hybridized carbons (Fsp3) is 0.0455. The standard InChI is InChI=1S/C44H36/c1-33(35-15-5-3-6-16-35)31-41-22-11-9-19-37(41)25-26-40-28-27-39-21-13-14-24-43(39)44(40)30-29-38-20-10-12-23-42(38)32-34(2)36-17-7-4-8-18-36/h3-32H,1-2H3/b26-25?,30-29?,33-31-,34-32-. The molecule has 44 heavy (non-hydrogen) atoms. The van der Waals surface area contributed by atoms with Crippen LogP contribution in [0, 0.1) is 0 Å². The number of benzene rings is 6. The molecular formula is C44H36. The van der Waals surface area contributed by atoms with E-state index in [1.807, 2.05) is 0 Å². The molecule has 0 aromatic heterocycles. The first-order valence-corrected chi connectivity index (χ1v) is 15.2. The molecular weight excluding hydrogens is 528 g/mol. The lowest BCUT2D eigenvalue weighted by molar-refractivity contribution is 1.56. The van der Waals surface area contributed by atoms with Crippen LogP contribution in [0.5, 0.6) is 0 Å². The predicted octanol–water partition coefficient (Wildman–Crippen LogP) is 12.3. The number of allylic oxidation sites excluding steroid dienone is 2. The monoisotopic (exact) mass is 564 g/mol. The minimum Gasteiger partial charge on any atom is -0.0622 e. The zero-order valence-electron chi connectivity index (χ0n) is 25.3. The zero-order chi connectivity index (χ0) is 30.1. The van der Waals surface area contributed by atoms with Gasteiger partial charge in [-0.15, -0.1) is 0 Å². The molecule has 0 saturated carbocycles. The summed E-state index contributed by atoms with van der Waals surface area (Å²) in [7, 11) is 0. The summed E-state index contributed by atoms with van der Waals surface area (Å²) in [6, 6.07) is 51.4. The van der Waals surface area contributed by atoms with E-state index in [0.29, 0.717) is 0 Å². The Kier molecular flexibility index (Phi) is 8.90. The second kappa shape index (κ2) is 13.7. The van der Waals surface area contributed by atoms with Crippen molar-refractivity contribution < 1.29 is 0 Å². The molecule has 6 aromatic rings. The highest BCUT2D eigenvalue weighted by Gasteiger charge is 2.06. The van der Waals surface area contributed by atoms with Gasteiger partial charge in [-0.3, -0.25) is 0 Å². The highest BCUT2D eigenvalue weighted by Crippen LogP contribution is 2.29. The summed E-state index contributed by atoms with van der Waals surface area (Å²) in [4.78, 5) is 0. The average Bonchev–Trinajstić information content (AvgIpc) is 3.08. The van der Waals surface area contributed by atoms with Gasteiger partial charge in [0.15, 0.2) is 0 Å². The molecule has 212 valence electrons. The topological polar surface area (TPSA) is 0 Å². The number of rotatable bonds is 8. The van der Waals surface area contributed by atoms with Crippen LogP contribution in [0.3, 0.4) is 0 Å². The normalized spacial score (nSPS) is 12.4. The van der Waals surface area contributed by atoms with Crippen LogP contribution in [0.15, 0.2) is 146 Å². The second-order valence-electron chi connectivity index (χ2n) is 11.1. The number of hydrogen-bond donors (Lipinski definition) is 0. The quantitative estimate of drug-likeness (QED) is 0.161. The van der Waals surface area contributed by atoms with Gasteiger partial charge >= 0.3 is 0 Å². The Balaban J connectivity index is 1.37. The molecule has 0 atom stereocenters. The van der Waals surface area contributed by atoms with Crippen molar-refractivity contribution in [3.05, 3.63) is 190 Å². The van der Waals surface area contributed by atoms with Gasteiger partial charge in [0, 0.05) is 0 Å². The minimum absolute atomic E-state index is 1.19. The number of fused-ring (bicyclic) bond motifs is 1. The van der Waals surface area contributed by atoms with Crippen molar-refractivity contribution in [2.75, 3.05) is 0 Å². The molecule has 0 spiro atoms. The Morgan fingerprint density at radius 1 is 0.364 bits per heavy atom. The summed E-state index contributed by atoms with van der Waals surface area (Å²) < 4.78 is 0. The van der Waals surface area contributed by atoms with Crippen LogP contribution in [0.25, 0.3) is 58.4 Å². The third-order valence-corrected chi connectivity index (χ3v) is 8.07. The van der Waals surface area contributed by atoms with Crippen molar-refractivity contribution >= 4 is 58.4 Å². The summed E-state index contributed by atoms with van der Waals surface area (Å²) in [5, 5.41) is 2.48. The minimum atomic E-state index is 1.19. The van der Waals surface area contributed by atoms with E-state index in [2.05, 4.69) is 196 Å². The Bertz CT molecular complexity index is 2000. The van der Waals surface area contributed by atoms with Crippen LogP contribution in [-0.2, 0) is 0 Å². The summed E-state index contributed by atoms with van der Waals surface area (Å²) >= 11 is 0. The predicted molar refractivity (Wildman–Crippen MR) is 195 cm³/mol. The van der Waals surface area contributed by atoms with E-state index in [4.69, 9.17) is 0 Å². The van der Waals surface area contributed by atoms with Gasteiger partial charge in [0.25, 0.3) is 0 Å². The van der Waals surface area contributed by atoms with E-state index < -0.39 is 0 Å². The molecule has 0 saturated heterocycles. The summed E-state index contributed by atoms with van der Waals surface area (Å²) in [5.74, 6) is 0. The van der Waals surface area contributed by atoms with Crippen LogP contribution in [-0.4, -0.2) is 0 Å². The van der Waals surface area contributed by atoms with E-state index in [9.17, 15) is 0 Å². The lowest BCUT2D eigenvalue weighted by Gasteiger charge is -2.09. The largest absolute Gasteiger partial charge is 0.0622 e. The highest BCUT2D eigenvalue weighted by atomic mass is 14.1. The maximum absolute atomic E-state index is 2.28. The van der Waals surface area contributed by atoms with Crippen LogP contribution < -0.4 is 0 Å². The molecule has 6 aromatic carbocycles. The van der Waals surface area contributed by atoms with Gasteiger partial charge in [-0.05, 0) is 80.3 Å². The lowest BCUT2D eigenvalue weighted by Crippen LogP contribution is -1.87. The molecule has 0 aliphatic heterocycles. The molecule has 0 heteroatoms. The lowest BCUT2D eigenvalue weighted by atomic mass is 9.95. The molecule has 0 bridgehead atoms. The third-order valence-electron chi connectivity index (χ3n) is 8.07. The summed E-state index contributed by atoms with van der Waals surface area (Å²) in [6.45, 7) is 4.36. The van der Waals surface area contributed by atoms with E-state index >= 15 is 0 Å². The molecule has 6 rings (SSSR count). The molecule has 0 unspecified atom stereocenters. The van der Waals surface area contributed by atoms with Crippen molar-refractivity contribution in [1.82, 2.24) is 0 Å². The maximum Gasteiger partial charge on any atom is -0.0105 e. The Morgan fingerprint density at radius 3 is 1.36 bits per heavy atom. The molecule has 0 nitrogen and oxygen atoms in total. The smallest absolute Gasteiger partial charge is 0.0105 e.